The Kier molecular flexibility index (Phi) is 6.15. The van der Waals surface area contributed by atoms with Crippen molar-refractivity contribution >= 4 is 5.97 Å². The van der Waals surface area contributed by atoms with Crippen molar-refractivity contribution in [2.75, 3.05) is 13.7 Å². The van der Waals surface area contributed by atoms with Gasteiger partial charge in [0.25, 0.3) is 0 Å². The topological polar surface area (TPSA) is 67.8 Å². The van der Waals surface area contributed by atoms with Gasteiger partial charge in [0.2, 0.25) is 0 Å². The van der Waals surface area contributed by atoms with Crippen molar-refractivity contribution in [1.82, 2.24) is 5.32 Å². The molecule has 0 spiro atoms. The molecule has 0 aliphatic rings. The van der Waals surface area contributed by atoms with E-state index < -0.39 is 12.0 Å². The van der Waals surface area contributed by atoms with E-state index in [0.29, 0.717) is 24.5 Å². The fourth-order valence-electron chi connectivity index (χ4n) is 1.67. The summed E-state index contributed by atoms with van der Waals surface area (Å²) < 4.78 is 10.6. The molecule has 0 saturated heterocycles. The molecular weight excluding hydrogens is 246 g/mol. The van der Waals surface area contributed by atoms with E-state index in [0.717, 1.165) is 0 Å². The van der Waals surface area contributed by atoms with E-state index in [9.17, 15) is 4.79 Å². The maximum Gasteiger partial charge on any atom is 0.320 e. The van der Waals surface area contributed by atoms with Crippen LogP contribution >= 0.6 is 0 Å². The highest BCUT2D eigenvalue weighted by Gasteiger charge is 2.17. The fraction of sp³-hybridized carbons (Fsp3) is 0.500. The van der Waals surface area contributed by atoms with Gasteiger partial charge in [0, 0.05) is 18.5 Å². The lowest BCUT2D eigenvalue weighted by Crippen LogP contribution is -2.41. The average Bonchev–Trinajstić information content (AvgIpc) is 2.37. The predicted octanol–water partition coefficient (Wildman–Crippen LogP) is 1.92. The van der Waals surface area contributed by atoms with Crippen molar-refractivity contribution in [3.63, 3.8) is 0 Å². The lowest BCUT2D eigenvalue weighted by molar-refractivity contribution is -0.140. The molecule has 0 fully saturated rings. The van der Waals surface area contributed by atoms with Crippen LogP contribution < -0.4 is 14.8 Å². The Bertz CT molecular complexity index is 406. The lowest BCUT2D eigenvalue weighted by atomic mass is 10.2. The van der Waals surface area contributed by atoms with Gasteiger partial charge in [0.15, 0.2) is 0 Å². The molecule has 19 heavy (non-hydrogen) atoms. The molecule has 0 aliphatic carbocycles. The molecule has 0 bridgehead atoms. The first-order valence-electron chi connectivity index (χ1n) is 6.28. The number of ether oxygens (including phenoxy) is 2. The number of nitrogens with one attached hydrogen (secondary N) is 1. The van der Waals surface area contributed by atoms with Gasteiger partial charge in [-0.05, 0) is 12.1 Å². The standard InChI is InChI=1S/C14H21NO4/c1-10(2)15-13(14(16)17)7-8-19-12-6-4-5-11(9-12)18-3/h4-6,9-10,13,15H,7-8H2,1-3H3,(H,16,17). The number of hydrogen-bond donors (Lipinski definition) is 2. The monoisotopic (exact) mass is 267 g/mol. The molecule has 1 unspecified atom stereocenters. The van der Waals surface area contributed by atoms with Crippen LogP contribution in [0.2, 0.25) is 0 Å². The third kappa shape index (κ3) is 5.61. The van der Waals surface area contributed by atoms with E-state index in [1.54, 1.807) is 13.2 Å². The van der Waals surface area contributed by atoms with Crippen molar-refractivity contribution in [1.29, 1.82) is 0 Å². The number of carbonyl (C=O) groups is 1. The van der Waals surface area contributed by atoms with Crippen LogP contribution in [0.4, 0.5) is 0 Å². The highest BCUT2D eigenvalue weighted by molar-refractivity contribution is 5.73. The van der Waals surface area contributed by atoms with Crippen LogP contribution in [0.25, 0.3) is 0 Å². The summed E-state index contributed by atoms with van der Waals surface area (Å²) in [4.78, 5) is 11.0. The van der Waals surface area contributed by atoms with E-state index in [1.807, 2.05) is 32.0 Å². The Morgan fingerprint density at radius 1 is 1.37 bits per heavy atom. The van der Waals surface area contributed by atoms with Gasteiger partial charge >= 0.3 is 5.97 Å². The molecule has 0 aliphatic heterocycles. The number of carboxylic acids is 1. The normalized spacial score (nSPS) is 12.2. The molecule has 106 valence electrons. The molecule has 2 N–H and O–H groups in total. The summed E-state index contributed by atoms with van der Waals surface area (Å²) in [5.41, 5.74) is 0. The second-order valence-electron chi connectivity index (χ2n) is 4.53. The molecule has 0 radical (unpaired) electrons. The lowest BCUT2D eigenvalue weighted by Gasteiger charge is -2.17. The Balaban J connectivity index is 2.44. The Morgan fingerprint density at radius 2 is 2.05 bits per heavy atom. The van der Waals surface area contributed by atoms with Gasteiger partial charge in [-0.1, -0.05) is 19.9 Å². The summed E-state index contributed by atoms with van der Waals surface area (Å²) in [5, 5.41) is 12.0. The molecule has 0 amide bonds. The SMILES string of the molecule is COc1cccc(OCCC(NC(C)C)C(=O)O)c1. The molecule has 0 saturated carbocycles. The van der Waals surface area contributed by atoms with Crippen molar-refractivity contribution in [3.8, 4) is 11.5 Å². The van der Waals surface area contributed by atoms with Gasteiger partial charge in [0.05, 0.1) is 13.7 Å². The number of benzene rings is 1. The zero-order valence-corrected chi connectivity index (χ0v) is 11.6. The number of carboxylic acid groups (broad SMARTS) is 1. The fourth-order valence-corrected chi connectivity index (χ4v) is 1.67. The number of aliphatic carboxylic acids is 1. The van der Waals surface area contributed by atoms with E-state index in [2.05, 4.69) is 5.32 Å². The van der Waals surface area contributed by atoms with Crippen molar-refractivity contribution in [2.24, 2.45) is 0 Å². The van der Waals surface area contributed by atoms with Crippen LogP contribution in [-0.2, 0) is 4.79 Å². The van der Waals surface area contributed by atoms with Crippen molar-refractivity contribution in [2.45, 2.75) is 32.4 Å². The highest BCUT2D eigenvalue weighted by atomic mass is 16.5. The molecular formula is C14H21NO4. The minimum atomic E-state index is -0.858. The van der Waals surface area contributed by atoms with Gasteiger partial charge in [-0.2, -0.15) is 0 Å². The maximum atomic E-state index is 11.0. The summed E-state index contributed by atoms with van der Waals surface area (Å²) in [6.45, 7) is 4.17. The van der Waals surface area contributed by atoms with Gasteiger partial charge < -0.3 is 19.9 Å². The minimum absolute atomic E-state index is 0.123. The van der Waals surface area contributed by atoms with Crippen molar-refractivity contribution < 1.29 is 19.4 Å². The third-order valence-electron chi connectivity index (χ3n) is 2.55. The minimum Gasteiger partial charge on any atom is -0.497 e. The van der Waals surface area contributed by atoms with Crippen molar-refractivity contribution in [3.05, 3.63) is 24.3 Å². The van der Waals surface area contributed by atoms with E-state index in [1.165, 1.54) is 0 Å². The summed E-state index contributed by atoms with van der Waals surface area (Å²) in [6, 6.07) is 6.77. The Morgan fingerprint density at radius 3 is 2.63 bits per heavy atom. The molecule has 1 atom stereocenters. The second-order valence-corrected chi connectivity index (χ2v) is 4.53. The zero-order valence-electron chi connectivity index (χ0n) is 11.6. The van der Waals surface area contributed by atoms with Crippen LogP contribution in [0.5, 0.6) is 11.5 Å². The first-order valence-corrected chi connectivity index (χ1v) is 6.28. The average molecular weight is 267 g/mol. The van der Waals surface area contributed by atoms with E-state index in [4.69, 9.17) is 14.6 Å². The highest BCUT2D eigenvalue weighted by Crippen LogP contribution is 2.19. The predicted molar refractivity (Wildman–Crippen MR) is 72.8 cm³/mol. The molecule has 5 heteroatoms. The maximum absolute atomic E-state index is 11.0. The summed E-state index contributed by atoms with van der Waals surface area (Å²) in [6.07, 6.45) is 0.407. The Hall–Kier alpha value is -1.75. The van der Waals surface area contributed by atoms with Crippen LogP contribution in [-0.4, -0.2) is 36.9 Å². The molecule has 5 nitrogen and oxygen atoms in total. The second kappa shape index (κ2) is 7.63. The summed E-state index contributed by atoms with van der Waals surface area (Å²) in [7, 11) is 1.59. The van der Waals surface area contributed by atoms with Crippen LogP contribution in [0.15, 0.2) is 24.3 Å². The van der Waals surface area contributed by atoms with Crippen LogP contribution in [0, 0.1) is 0 Å². The largest absolute Gasteiger partial charge is 0.497 e. The molecule has 1 rings (SSSR count). The van der Waals surface area contributed by atoms with Gasteiger partial charge in [-0.3, -0.25) is 4.79 Å². The number of rotatable bonds is 8. The van der Waals surface area contributed by atoms with Crippen LogP contribution in [0.3, 0.4) is 0 Å². The molecule has 0 heterocycles. The van der Waals surface area contributed by atoms with Gasteiger partial charge in [-0.15, -0.1) is 0 Å². The quantitative estimate of drug-likeness (QED) is 0.753. The van der Waals surface area contributed by atoms with Gasteiger partial charge in [-0.25, -0.2) is 0 Å². The van der Waals surface area contributed by atoms with E-state index in [-0.39, 0.29) is 6.04 Å². The summed E-state index contributed by atoms with van der Waals surface area (Å²) in [5.74, 6) is 0.531. The third-order valence-corrected chi connectivity index (χ3v) is 2.55. The number of hydrogen-bond acceptors (Lipinski definition) is 4. The van der Waals surface area contributed by atoms with Crippen LogP contribution in [0.1, 0.15) is 20.3 Å². The molecule has 1 aromatic rings. The zero-order chi connectivity index (χ0) is 14.3. The Labute approximate surface area is 113 Å². The molecule has 0 aromatic heterocycles. The smallest absolute Gasteiger partial charge is 0.320 e. The first kappa shape index (κ1) is 15.3. The first-order chi connectivity index (χ1) is 9.02. The summed E-state index contributed by atoms with van der Waals surface area (Å²) >= 11 is 0. The molecule has 1 aromatic carbocycles. The number of methoxy groups -OCH3 is 1. The van der Waals surface area contributed by atoms with E-state index >= 15 is 0 Å². The van der Waals surface area contributed by atoms with Gasteiger partial charge in [0.1, 0.15) is 17.5 Å².